The van der Waals surface area contributed by atoms with Crippen molar-refractivity contribution in [2.75, 3.05) is 6.61 Å². The van der Waals surface area contributed by atoms with E-state index in [-0.39, 0.29) is 6.61 Å². The van der Waals surface area contributed by atoms with Gasteiger partial charge in [-0.05, 0) is 6.42 Å². The SMILES string of the molecule is C=CCC(O)C(C)(C)CO. The average molecular weight is 144 g/mol. The van der Waals surface area contributed by atoms with Gasteiger partial charge in [-0.2, -0.15) is 0 Å². The third kappa shape index (κ3) is 2.50. The summed E-state index contributed by atoms with van der Waals surface area (Å²) in [4.78, 5) is 0. The Morgan fingerprint density at radius 2 is 2.10 bits per heavy atom. The van der Waals surface area contributed by atoms with E-state index in [9.17, 15) is 5.11 Å². The maximum atomic E-state index is 9.35. The molecule has 0 aliphatic heterocycles. The minimum absolute atomic E-state index is 0.00199. The minimum Gasteiger partial charge on any atom is -0.396 e. The molecule has 0 heterocycles. The Balaban J connectivity index is 3.89. The first-order valence-corrected chi connectivity index (χ1v) is 3.44. The van der Waals surface area contributed by atoms with Gasteiger partial charge in [-0.3, -0.25) is 0 Å². The van der Waals surface area contributed by atoms with E-state index < -0.39 is 11.5 Å². The number of aliphatic hydroxyl groups excluding tert-OH is 2. The lowest BCUT2D eigenvalue weighted by molar-refractivity contribution is 0.0102. The molecule has 0 radical (unpaired) electrons. The second-order valence-corrected chi connectivity index (χ2v) is 3.19. The summed E-state index contributed by atoms with van der Waals surface area (Å²) >= 11 is 0. The summed E-state index contributed by atoms with van der Waals surface area (Å²) in [6.45, 7) is 7.15. The molecule has 0 aromatic carbocycles. The van der Waals surface area contributed by atoms with Crippen LogP contribution >= 0.6 is 0 Å². The van der Waals surface area contributed by atoms with Crippen molar-refractivity contribution in [3.63, 3.8) is 0 Å². The molecule has 0 bridgehead atoms. The van der Waals surface area contributed by atoms with E-state index in [1.165, 1.54) is 0 Å². The molecule has 0 amide bonds. The quantitative estimate of drug-likeness (QED) is 0.576. The standard InChI is InChI=1S/C8H16O2/c1-4-5-7(10)8(2,3)6-9/h4,7,9-10H,1,5-6H2,2-3H3. The molecule has 1 unspecified atom stereocenters. The molecule has 0 saturated carbocycles. The molecule has 10 heavy (non-hydrogen) atoms. The fraction of sp³-hybridized carbons (Fsp3) is 0.750. The third-order valence-corrected chi connectivity index (χ3v) is 1.70. The van der Waals surface area contributed by atoms with Crippen LogP contribution in [0.4, 0.5) is 0 Å². The zero-order chi connectivity index (χ0) is 8.20. The van der Waals surface area contributed by atoms with Crippen LogP contribution in [0.25, 0.3) is 0 Å². The van der Waals surface area contributed by atoms with Gasteiger partial charge < -0.3 is 10.2 Å². The lowest BCUT2D eigenvalue weighted by atomic mass is 9.86. The minimum atomic E-state index is -0.491. The molecule has 0 rings (SSSR count). The van der Waals surface area contributed by atoms with Gasteiger partial charge in [0.15, 0.2) is 0 Å². The summed E-state index contributed by atoms with van der Waals surface area (Å²) in [5.74, 6) is 0. The predicted molar refractivity (Wildman–Crippen MR) is 41.7 cm³/mol. The van der Waals surface area contributed by atoms with Gasteiger partial charge in [-0.15, -0.1) is 6.58 Å². The van der Waals surface area contributed by atoms with E-state index in [1.807, 2.05) is 13.8 Å². The van der Waals surface area contributed by atoms with Crippen LogP contribution < -0.4 is 0 Å². The zero-order valence-corrected chi connectivity index (χ0v) is 6.67. The van der Waals surface area contributed by atoms with Gasteiger partial charge in [0.25, 0.3) is 0 Å². The molecule has 0 saturated heterocycles. The lowest BCUT2D eigenvalue weighted by Gasteiger charge is -2.27. The summed E-state index contributed by atoms with van der Waals surface area (Å²) in [6.07, 6.45) is 1.70. The summed E-state index contributed by atoms with van der Waals surface area (Å²) in [5.41, 5.74) is -0.409. The van der Waals surface area contributed by atoms with Crippen molar-refractivity contribution in [2.24, 2.45) is 5.41 Å². The third-order valence-electron chi connectivity index (χ3n) is 1.70. The molecule has 1 atom stereocenters. The highest BCUT2D eigenvalue weighted by atomic mass is 16.3. The highest BCUT2D eigenvalue weighted by Crippen LogP contribution is 2.21. The van der Waals surface area contributed by atoms with Crippen LogP contribution in [0.2, 0.25) is 0 Å². The van der Waals surface area contributed by atoms with Gasteiger partial charge in [0, 0.05) is 5.41 Å². The van der Waals surface area contributed by atoms with Crippen LogP contribution in [-0.4, -0.2) is 22.9 Å². The van der Waals surface area contributed by atoms with Crippen molar-refractivity contribution in [1.29, 1.82) is 0 Å². The summed E-state index contributed by atoms with van der Waals surface area (Å²) in [5, 5.41) is 18.1. The molecule has 2 heteroatoms. The van der Waals surface area contributed by atoms with Crippen molar-refractivity contribution in [3.8, 4) is 0 Å². The van der Waals surface area contributed by atoms with Crippen LogP contribution in [0.1, 0.15) is 20.3 Å². The molecule has 0 aliphatic rings. The van der Waals surface area contributed by atoms with Gasteiger partial charge >= 0.3 is 0 Å². The Hall–Kier alpha value is -0.340. The van der Waals surface area contributed by atoms with Crippen LogP contribution in [0, 0.1) is 5.41 Å². The molecule has 0 aliphatic carbocycles. The zero-order valence-electron chi connectivity index (χ0n) is 6.67. The fourth-order valence-corrected chi connectivity index (χ4v) is 0.582. The lowest BCUT2D eigenvalue weighted by Crippen LogP contribution is -2.32. The van der Waals surface area contributed by atoms with Crippen LogP contribution in [0.5, 0.6) is 0 Å². The Labute approximate surface area is 62.2 Å². The summed E-state index contributed by atoms with van der Waals surface area (Å²) in [6, 6.07) is 0. The Kier molecular flexibility index (Phi) is 3.61. The highest BCUT2D eigenvalue weighted by molar-refractivity contribution is 4.82. The number of hydrogen-bond donors (Lipinski definition) is 2. The second-order valence-electron chi connectivity index (χ2n) is 3.19. The first-order chi connectivity index (χ1) is 4.54. The van der Waals surface area contributed by atoms with E-state index in [1.54, 1.807) is 6.08 Å². The first kappa shape index (κ1) is 9.66. The largest absolute Gasteiger partial charge is 0.396 e. The van der Waals surface area contributed by atoms with Gasteiger partial charge in [-0.1, -0.05) is 19.9 Å². The molecule has 0 fully saturated rings. The molecule has 2 nitrogen and oxygen atoms in total. The van der Waals surface area contributed by atoms with Crippen molar-refractivity contribution in [2.45, 2.75) is 26.4 Å². The van der Waals surface area contributed by atoms with E-state index >= 15 is 0 Å². The molecule has 0 spiro atoms. The van der Waals surface area contributed by atoms with Crippen LogP contribution in [-0.2, 0) is 0 Å². The van der Waals surface area contributed by atoms with Gasteiger partial charge in [0.05, 0.1) is 12.7 Å². The summed E-state index contributed by atoms with van der Waals surface area (Å²) < 4.78 is 0. The first-order valence-electron chi connectivity index (χ1n) is 3.44. The van der Waals surface area contributed by atoms with Crippen molar-refractivity contribution in [3.05, 3.63) is 12.7 Å². The second kappa shape index (κ2) is 3.74. The molecular formula is C8H16O2. The smallest absolute Gasteiger partial charge is 0.0647 e. The maximum absolute atomic E-state index is 9.35. The van der Waals surface area contributed by atoms with Crippen molar-refractivity contribution in [1.82, 2.24) is 0 Å². The van der Waals surface area contributed by atoms with Crippen LogP contribution in [0.3, 0.4) is 0 Å². The molecule has 0 aromatic heterocycles. The molecular weight excluding hydrogens is 128 g/mol. The maximum Gasteiger partial charge on any atom is 0.0647 e. The van der Waals surface area contributed by atoms with Crippen molar-refractivity contribution < 1.29 is 10.2 Å². The van der Waals surface area contributed by atoms with E-state index in [2.05, 4.69) is 6.58 Å². The number of aliphatic hydroxyl groups is 2. The van der Waals surface area contributed by atoms with Gasteiger partial charge in [0.2, 0.25) is 0 Å². The predicted octanol–water partition coefficient (Wildman–Crippen LogP) is 0.942. The number of rotatable bonds is 4. The molecule has 2 N–H and O–H groups in total. The Morgan fingerprint density at radius 1 is 1.60 bits per heavy atom. The summed E-state index contributed by atoms with van der Waals surface area (Å²) in [7, 11) is 0. The monoisotopic (exact) mass is 144 g/mol. The molecule has 60 valence electrons. The topological polar surface area (TPSA) is 40.5 Å². The van der Waals surface area contributed by atoms with Gasteiger partial charge in [0.1, 0.15) is 0 Å². The van der Waals surface area contributed by atoms with Crippen LogP contribution in [0.15, 0.2) is 12.7 Å². The average Bonchev–Trinajstić information content (AvgIpc) is 1.89. The Bertz CT molecular complexity index is 108. The normalized spacial score (nSPS) is 14.8. The van der Waals surface area contributed by atoms with E-state index in [0.29, 0.717) is 6.42 Å². The number of hydrogen-bond acceptors (Lipinski definition) is 2. The Morgan fingerprint density at radius 3 is 2.40 bits per heavy atom. The fourth-order valence-electron chi connectivity index (χ4n) is 0.582. The van der Waals surface area contributed by atoms with Gasteiger partial charge in [-0.25, -0.2) is 0 Å². The molecule has 0 aromatic rings. The van der Waals surface area contributed by atoms with Crippen molar-refractivity contribution >= 4 is 0 Å². The van der Waals surface area contributed by atoms with E-state index in [4.69, 9.17) is 5.11 Å². The van der Waals surface area contributed by atoms with E-state index in [0.717, 1.165) is 0 Å². The highest BCUT2D eigenvalue weighted by Gasteiger charge is 2.25.